The molecule has 0 saturated carbocycles. The van der Waals surface area contributed by atoms with Gasteiger partial charge in [-0.25, -0.2) is 10.2 Å². The van der Waals surface area contributed by atoms with Crippen molar-refractivity contribution in [2.45, 2.75) is 17.1 Å². The van der Waals surface area contributed by atoms with Crippen molar-refractivity contribution in [2.24, 2.45) is 5.10 Å². The van der Waals surface area contributed by atoms with Crippen molar-refractivity contribution in [3.63, 3.8) is 0 Å². The Morgan fingerprint density at radius 3 is 2.50 bits per heavy atom. The number of amides is 1. The smallest absolute Gasteiger partial charge is 0.343 e. The Balaban J connectivity index is 1.80. The van der Waals surface area contributed by atoms with Gasteiger partial charge in [-0.2, -0.15) is 5.10 Å². The van der Waals surface area contributed by atoms with Crippen molar-refractivity contribution in [3.8, 4) is 5.75 Å². The largest absolute Gasteiger partial charge is 0.482 e. The Hall–Kier alpha value is -2.80. The van der Waals surface area contributed by atoms with Gasteiger partial charge in [0.1, 0.15) is 5.75 Å². The second-order valence-electron chi connectivity index (χ2n) is 5.24. The predicted octanol–water partition coefficient (Wildman–Crippen LogP) is 2.87. The van der Waals surface area contributed by atoms with Crippen molar-refractivity contribution >= 4 is 29.9 Å². The highest BCUT2D eigenvalue weighted by Crippen LogP contribution is 2.22. The van der Waals surface area contributed by atoms with Crippen molar-refractivity contribution in [3.05, 3.63) is 60.2 Å². The number of hydrogen-bond acceptors (Lipinski definition) is 6. The van der Waals surface area contributed by atoms with Crippen LogP contribution in [-0.2, 0) is 14.3 Å². The molecule has 0 aliphatic carbocycles. The van der Waals surface area contributed by atoms with Gasteiger partial charge in [0, 0.05) is 4.90 Å². The third-order valence-electron chi connectivity index (χ3n) is 3.28. The van der Waals surface area contributed by atoms with Crippen LogP contribution >= 0.6 is 11.8 Å². The van der Waals surface area contributed by atoms with Gasteiger partial charge < -0.3 is 9.47 Å². The van der Waals surface area contributed by atoms with Gasteiger partial charge in [-0.15, -0.1) is 11.8 Å². The Bertz CT molecular complexity index is 748. The van der Waals surface area contributed by atoms with E-state index < -0.39 is 5.97 Å². The summed E-state index contributed by atoms with van der Waals surface area (Å²) in [4.78, 5) is 24.1. The van der Waals surface area contributed by atoms with E-state index in [0.717, 1.165) is 10.5 Å². The van der Waals surface area contributed by atoms with Crippen molar-refractivity contribution in [1.29, 1.82) is 0 Å². The van der Waals surface area contributed by atoms with Gasteiger partial charge in [0.15, 0.2) is 6.61 Å². The normalized spacial score (nSPS) is 11.8. The Kier molecular flexibility index (Phi) is 7.70. The molecule has 26 heavy (non-hydrogen) atoms. The highest BCUT2D eigenvalue weighted by atomic mass is 32.2. The lowest BCUT2D eigenvalue weighted by Crippen LogP contribution is -2.26. The Labute approximate surface area is 156 Å². The summed E-state index contributed by atoms with van der Waals surface area (Å²) < 4.78 is 9.75. The molecule has 0 fully saturated rings. The zero-order valence-corrected chi connectivity index (χ0v) is 15.4. The molecule has 0 radical (unpaired) electrons. The molecule has 0 saturated heterocycles. The molecule has 2 aromatic rings. The van der Waals surface area contributed by atoms with E-state index in [1.165, 1.54) is 18.9 Å². The molecule has 7 heteroatoms. The maximum absolute atomic E-state index is 12.1. The number of hydrazone groups is 1. The lowest BCUT2D eigenvalue weighted by atomic mass is 10.2. The second-order valence-corrected chi connectivity index (χ2v) is 6.66. The first-order chi connectivity index (χ1) is 12.6. The third-order valence-corrected chi connectivity index (χ3v) is 4.39. The summed E-state index contributed by atoms with van der Waals surface area (Å²) in [5, 5.41) is 3.71. The van der Waals surface area contributed by atoms with Crippen molar-refractivity contribution in [2.75, 3.05) is 13.7 Å². The summed E-state index contributed by atoms with van der Waals surface area (Å²) in [7, 11) is 1.30. The summed E-state index contributed by atoms with van der Waals surface area (Å²) in [6, 6.07) is 16.7. The van der Waals surface area contributed by atoms with Gasteiger partial charge in [0.2, 0.25) is 0 Å². The number of thioether (sulfide) groups is 1. The van der Waals surface area contributed by atoms with E-state index in [-0.39, 0.29) is 17.8 Å². The number of benzene rings is 2. The number of nitrogens with one attached hydrogen (secondary N) is 1. The molecule has 0 aromatic heterocycles. The molecule has 1 amide bonds. The van der Waals surface area contributed by atoms with Crippen LogP contribution in [0.2, 0.25) is 0 Å². The molecule has 0 unspecified atom stereocenters. The molecular weight excluding hydrogens is 352 g/mol. The minimum absolute atomic E-state index is 0.142. The average Bonchev–Trinajstić information content (AvgIpc) is 2.67. The first-order valence-corrected chi connectivity index (χ1v) is 8.81. The van der Waals surface area contributed by atoms with E-state index in [0.29, 0.717) is 5.75 Å². The molecule has 0 spiro atoms. The van der Waals surface area contributed by atoms with E-state index in [1.807, 2.05) is 37.3 Å². The van der Waals surface area contributed by atoms with E-state index in [2.05, 4.69) is 15.3 Å². The molecule has 1 N–H and O–H groups in total. The summed E-state index contributed by atoms with van der Waals surface area (Å²) in [5.41, 5.74) is 3.32. The molecule has 136 valence electrons. The van der Waals surface area contributed by atoms with E-state index in [1.54, 1.807) is 30.5 Å². The molecule has 0 bridgehead atoms. The van der Waals surface area contributed by atoms with Crippen LogP contribution in [0.25, 0.3) is 0 Å². The van der Waals surface area contributed by atoms with Gasteiger partial charge >= 0.3 is 5.97 Å². The molecule has 0 heterocycles. The molecule has 2 aromatic carbocycles. The predicted molar refractivity (Wildman–Crippen MR) is 101 cm³/mol. The monoisotopic (exact) mass is 372 g/mol. The first-order valence-electron chi connectivity index (χ1n) is 7.93. The van der Waals surface area contributed by atoms with Crippen LogP contribution in [0, 0.1) is 0 Å². The standard InChI is InChI=1S/C19H20N2O4S/c1-14(26-17-6-4-3-5-7-17)19(23)21-20-12-15-8-10-16(11-9-15)25-13-18(22)24-2/h3-12,14H,13H2,1-2H3,(H,21,23)/b20-12-/t14-/m0/s1. The topological polar surface area (TPSA) is 77.0 Å². The summed E-state index contributed by atoms with van der Waals surface area (Å²) >= 11 is 1.47. The van der Waals surface area contributed by atoms with Gasteiger partial charge in [-0.3, -0.25) is 4.79 Å². The zero-order chi connectivity index (χ0) is 18.8. The molecule has 0 aliphatic heterocycles. The maximum Gasteiger partial charge on any atom is 0.343 e. The third kappa shape index (κ3) is 6.60. The quantitative estimate of drug-likeness (QED) is 0.334. The summed E-state index contributed by atoms with van der Waals surface area (Å²) in [6.45, 7) is 1.69. The second kappa shape index (κ2) is 10.2. The van der Waals surface area contributed by atoms with Gasteiger partial charge in [0.25, 0.3) is 5.91 Å². The highest BCUT2D eigenvalue weighted by Gasteiger charge is 2.13. The Morgan fingerprint density at radius 1 is 1.15 bits per heavy atom. The van der Waals surface area contributed by atoms with E-state index in [4.69, 9.17) is 4.74 Å². The number of carbonyl (C=O) groups excluding carboxylic acids is 2. The lowest BCUT2D eigenvalue weighted by molar-refractivity contribution is -0.142. The molecule has 6 nitrogen and oxygen atoms in total. The van der Waals surface area contributed by atoms with Crippen LogP contribution in [0.3, 0.4) is 0 Å². The number of nitrogens with zero attached hydrogens (tertiary/aromatic N) is 1. The lowest BCUT2D eigenvalue weighted by Gasteiger charge is -2.09. The number of rotatable bonds is 8. The van der Waals surface area contributed by atoms with Gasteiger partial charge in [-0.05, 0) is 48.9 Å². The fourth-order valence-corrected chi connectivity index (χ4v) is 2.75. The average molecular weight is 372 g/mol. The zero-order valence-electron chi connectivity index (χ0n) is 14.5. The van der Waals surface area contributed by atoms with Crippen LogP contribution in [0.4, 0.5) is 0 Å². The first kappa shape index (κ1) is 19.5. The fourth-order valence-electron chi connectivity index (χ4n) is 1.87. The van der Waals surface area contributed by atoms with Crippen LogP contribution in [0.5, 0.6) is 5.75 Å². The molecule has 0 aliphatic rings. The fraction of sp³-hybridized carbons (Fsp3) is 0.211. The number of hydrogen-bond donors (Lipinski definition) is 1. The maximum atomic E-state index is 12.1. The van der Waals surface area contributed by atoms with Gasteiger partial charge in [0.05, 0.1) is 18.6 Å². The minimum Gasteiger partial charge on any atom is -0.482 e. The number of esters is 1. The SMILES string of the molecule is COC(=O)COc1ccc(/C=N\NC(=O)[C@H](C)Sc2ccccc2)cc1. The van der Waals surface area contributed by atoms with E-state index in [9.17, 15) is 9.59 Å². The summed E-state index contributed by atoms with van der Waals surface area (Å²) in [5.74, 6) is -0.0709. The van der Waals surface area contributed by atoms with Gasteiger partial charge in [-0.1, -0.05) is 18.2 Å². The number of carbonyl (C=O) groups is 2. The van der Waals surface area contributed by atoms with Crippen LogP contribution in [-0.4, -0.2) is 37.1 Å². The van der Waals surface area contributed by atoms with Crippen molar-refractivity contribution < 1.29 is 19.1 Å². The summed E-state index contributed by atoms with van der Waals surface area (Å²) in [6.07, 6.45) is 1.54. The van der Waals surface area contributed by atoms with E-state index >= 15 is 0 Å². The van der Waals surface area contributed by atoms with Crippen LogP contribution in [0.1, 0.15) is 12.5 Å². The number of methoxy groups -OCH3 is 1. The highest BCUT2D eigenvalue weighted by molar-refractivity contribution is 8.00. The van der Waals surface area contributed by atoms with Crippen LogP contribution < -0.4 is 10.2 Å². The minimum atomic E-state index is -0.444. The molecule has 2 rings (SSSR count). The van der Waals surface area contributed by atoms with Crippen molar-refractivity contribution in [1.82, 2.24) is 5.43 Å². The number of ether oxygens (including phenoxy) is 2. The Morgan fingerprint density at radius 2 is 1.85 bits per heavy atom. The molecule has 1 atom stereocenters. The van der Waals surface area contributed by atoms with Crippen LogP contribution in [0.15, 0.2) is 64.6 Å². The molecular formula is C19H20N2O4S.